The Balaban J connectivity index is 1.81. The number of rotatable bonds is 2. The summed E-state index contributed by atoms with van der Waals surface area (Å²) in [6.07, 6.45) is -3.48. The van der Waals surface area contributed by atoms with E-state index in [1.165, 1.54) is 30.7 Å². The summed E-state index contributed by atoms with van der Waals surface area (Å²) < 4.78 is 66.6. The second-order valence-electron chi connectivity index (χ2n) is 6.31. The van der Waals surface area contributed by atoms with Crippen LogP contribution in [-0.2, 0) is 6.18 Å². The minimum Gasteiger partial charge on any atom is -0.382 e. The Labute approximate surface area is 171 Å². The zero-order chi connectivity index (χ0) is 22.2. The van der Waals surface area contributed by atoms with Gasteiger partial charge in [-0.3, -0.25) is 0 Å². The number of nitrogen functional groups attached to an aromatic ring is 1. The lowest BCUT2D eigenvalue weighted by molar-refractivity contribution is -0.137. The van der Waals surface area contributed by atoms with Gasteiger partial charge < -0.3 is 5.73 Å². The number of nitrogens with zero attached hydrogens (tertiary/aromatic N) is 5. The van der Waals surface area contributed by atoms with Crippen LogP contribution in [0.1, 0.15) is 28.9 Å². The summed E-state index contributed by atoms with van der Waals surface area (Å²) in [5.74, 6) is 5.67. The van der Waals surface area contributed by atoms with Crippen LogP contribution in [0, 0.1) is 11.8 Å². The van der Waals surface area contributed by atoms with Gasteiger partial charge in [0.15, 0.2) is 5.65 Å². The summed E-state index contributed by atoms with van der Waals surface area (Å²) in [5, 5.41) is 3.91. The van der Waals surface area contributed by atoms with E-state index in [0.29, 0.717) is 5.69 Å². The molecule has 11 heteroatoms. The van der Waals surface area contributed by atoms with Crippen LogP contribution in [0.25, 0.3) is 16.9 Å². The summed E-state index contributed by atoms with van der Waals surface area (Å²) in [6, 6.07) is 5.14. The van der Waals surface area contributed by atoms with E-state index >= 15 is 0 Å². The van der Waals surface area contributed by atoms with Crippen molar-refractivity contribution in [3.63, 3.8) is 0 Å². The standard InChI is InChI=1S/C20H11F5N6/c21-18(22)16-7-15(11-1-4-13(5-2-11)20(23,24)25)30-19-12(8-29-31(16)19)3-6-14-9-28-17(26)10-27-14/h1-2,4-5,7-10,18H,(H2,26,28). The molecule has 0 aliphatic rings. The Hall–Kier alpha value is -4.07. The summed E-state index contributed by atoms with van der Waals surface area (Å²) in [5.41, 5.74) is 4.99. The van der Waals surface area contributed by atoms with E-state index in [2.05, 4.69) is 31.9 Å². The molecule has 31 heavy (non-hydrogen) atoms. The van der Waals surface area contributed by atoms with Crippen LogP contribution in [0.3, 0.4) is 0 Å². The zero-order valence-corrected chi connectivity index (χ0v) is 15.4. The van der Waals surface area contributed by atoms with E-state index in [9.17, 15) is 22.0 Å². The van der Waals surface area contributed by atoms with Gasteiger partial charge in [-0.15, -0.1) is 0 Å². The fourth-order valence-corrected chi connectivity index (χ4v) is 2.74. The van der Waals surface area contributed by atoms with Crippen LogP contribution in [0.4, 0.5) is 27.8 Å². The SMILES string of the molecule is Nc1cnc(C#Cc2cnn3c(C(F)F)cc(-c4ccc(C(F)(F)F)cc4)nc23)cn1. The van der Waals surface area contributed by atoms with Gasteiger partial charge in [0.05, 0.1) is 35.4 Å². The van der Waals surface area contributed by atoms with Crippen LogP contribution >= 0.6 is 0 Å². The minimum atomic E-state index is -4.51. The smallest absolute Gasteiger partial charge is 0.382 e. The normalized spacial score (nSPS) is 11.5. The number of hydrogen-bond donors (Lipinski definition) is 1. The lowest BCUT2D eigenvalue weighted by Crippen LogP contribution is -2.05. The molecule has 0 amide bonds. The minimum absolute atomic E-state index is 0.0311. The van der Waals surface area contributed by atoms with Crippen molar-refractivity contribution in [2.75, 3.05) is 5.73 Å². The molecular formula is C20H11F5N6. The Morgan fingerprint density at radius 2 is 1.71 bits per heavy atom. The molecule has 156 valence electrons. The average Bonchev–Trinajstić information content (AvgIpc) is 3.15. The number of anilines is 1. The van der Waals surface area contributed by atoms with E-state index in [0.717, 1.165) is 22.7 Å². The molecule has 0 atom stereocenters. The monoisotopic (exact) mass is 430 g/mol. The molecule has 6 nitrogen and oxygen atoms in total. The first kappa shape index (κ1) is 20.2. The van der Waals surface area contributed by atoms with Crippen molar-refractivity contribution in [2.45, 2.75) is 12.6 Å². The molecule has 3 heterocycles. The van der Waals surface area contributed by atoms with Crippen LogP contribution in [-0.4, -0.2) is 24.6 Å². The van der Waals surface area contributed by atoms with Gasteiger partial charge in [0, 0.05) is 5.56 Å². The molecule has 4 rings (SSSR count). The second kappa shape index (κ2) is 7.64. The lowest BCUT2D eigenvalue weighted by Gasteiger charge is -2.10. The maximum absolute atomic E-state index is 13.6. The van der Waals surface area contributed by atoms with Gasteiger partial charge in [0.1, 0.15) is 17.2 Å². The first-order chi connectivity index (χ1) is 14.7. The summed E-state index contributed by atoms with van der Waals surface area (Å²) in [4.78, 5) is 12.1. The fraction of sp³-hybridized carbons (Fsp3) is 0.100. The second-order valence-corrected chi connectivity index (χ2v) is 6.31. The van der Waals surface area contributed by atoms with Crippen molar-refractivity contribution in [1.82, 2.24) is 24.6 Å². The predicted octanol–water partition coefficient (Wildman–Crippen LogP) is 4.12. The highest BCUT2D eigenvalue weighted by molar-refractivity contribution is 5.66. The summed E-state index contributed by atoms with van der Waals surface area (Å²) in [7, 11) is 0. The maximum atomic E-state index is 13.6. The van der Waals surface area contributed by atoms with Gasteiger partial charge in [0.25, 0.3) is 6.43 Å². The largest absolute Gasteiger partial charge is 0.416 e. The van der Waals surface area contributed by atoms with E-state index in [-0.39, 0.29) is 28.3 Å². The molecule has 0 bridgehead atoms. The van der Waals surface area contributed by atoms with Gasteiger partial charge in [-0.25, -0.2) is 28.2 Å². The third-order valence-corrected chi connectivity index (χ3v) is 4.23. The Bertz CT molecular complexity index is 1300. The molecule has 1 aromatic carbocycles. The number of fused-ring (bicyclic) bond motifs is 1. The van der Waals surface area contributed by atoms with Crippen molar-refractivity contribution in [1.29, 1.82) is 0 Å². The van der Waals surface area contributed by atoms with Gasteiger partial charge in [-0.2, -0.15) is 18.3 Å². The molecule has 0 fully saturated rings. The van der Waals surface area contributed by atoms with Crippen molar-refractivity contribution >= 4 is 11.5 Å². The lowest BCUT2D eigenvalue weighted by atomic mass is 10.1. The average molecular weight is 430 g/mol. The van der Waals surface area contributed by atoms with Crippen molar-refractivity contribution < 1.29 is 22.0 Å². The third kappa shape index (κ3) is 4.13. The van der Waals surface area contributed by atoms with Crippen molar-refractivity contribution in [3.8, 4) is 23.1 Å². The summed E-state index contributed by atoms with van der Waals surface area (Å²) >= 11 is 0. The van der Waals surface area contributed by atoms with Crippen LogP contribution in [0.15, 0.2) is 48.9 Å². The van der Waals surface area contributed by atoms with E-state index in [1.807, 2.05) is 0 Å². The molecule has 0 aliphatic heterocycles. The summed E-state index contributed by atoms with van der Waals surface area (Å²) in [6.45, 7) is 0. The number of hydrogen-bond acceptors (Lipinski definition) is 5. The molecule has 3 aromatic heterocycles. The predicted molar refractivity (Wildman–Crippen MR) is 101 cm³/mol. The van der Waals surface area contributed by atoms with E-state index in [1.54, 1.807) is 0 Å². The van der Waals surface area contributed by atoms with Gasteiger partial charge in [-0.1, -0.05) is 18.1 Å². The molecule has 2 N–H and O–H groups in total. The zero-order valence-electron chi connectivity index (χ0n) is 15.4. The van der Waals surface area contributed by atoms with Gasteiger partial charge in [0.2, 0.25) is 0 Å². The van der Waals surface area contributed by atoms with Crippen molar-refractivity contribution in [2.24, 2.45) is 0 Å². The quantitative estimate of drug-likeness (QED) is 0.382. The van der Waals surface area contributed by atoms with E-state index in [4.69, 9.17) is 5.73 Å². The Kier molecular flexibility index (Phi) is 4.98. The van der Waals surface area contributed by atoms with Gasteiger partial charge >= 0.3 is 6.18 Å². The number of nitrogens with two attached hydrogens (primary N) is 1. The van der Waals surface area contributed by atoms with Crippen LogP contribution in [0.5, 0.6) is 0 Å². The molecule has 0 saturated heterocycles. The number of aromatic nitrogens is 5. The first-order valence-corrected chi connectivity index (χ1v) is 8.66. The number of alkyl halides is 5. The number of benzene rings is 1. The fourth-order valence-electron chi connectivity index (χ4n) is 2.74. The van der Waals surface area contributed by atoms with E-state index < -0.39 is 23.9 Å². The topological polar surface area (TPSA) is 82.0 Å². The highest BCUT2D eigenvalue weighted by Gasteiger charge is 2.30. The van der Waals surface area contributed by atoms with Crippen LogP contribution < -0.4 is 5.73 Å². The molecule has 0 unspecified atom stereocenters. The molecule has 0 spiro atoms. The third-order valence-electron chi connectivity index (χ3n) is 4.23. The Morgan fingerprint density at radius 3 is 2.32 bits per heavy atom. The number of halogens is 5. The maximum Gasteiger partial charge on any atom is 0.416 e. The molecule has 0 saturated carbocycles. The molecular weight excluding hydrogens is 419 g/mol. The highest BCUT2D eigenvalue weighted by Crippen LogP contribution is 2.32. The van der Waals surface area contributed by atoms with Crippen LogP contribution in [0.2, 0.25) is 0 Å². The molecule has 0 aliphatic carbocycles. The molecule has 4 aromatic rings. The highest BCUT2D eigenvalue weighted by atomic mass is 19.4. The van der Waals surface area contributed by atoms with Crippen molar-refractivity contribution in [3.05, 3.63) is 71.4 Å². The molecule has 0 radical (unpaired) electrons. The Morgan fingerprint density at radius 1 is 0.968 bits per heavy atom. The van der Waals surface area contributed by atoms with Gasteiger partial charge in [-0.05, 0) is 24.1 Å². The first-order valence-electron chi connectivity index (χ1n) is 8.66.